The third-order valence-corrected chi connectivity index (χ3v) is 6.64. The molecule has 178 valence electrons. The van der Waals surface area contributed by atoms with Crippen LogP contribution in [0.5, 0.6) is 0 Å². The standard InChI is InChI=1S/C26H29N3O5/c30-21-10-3-8-19-25(21)26(22-11-5-15-34-22)29(20-9-2-1-7-18(20)28-19)24(32)13-12-23(31)27-16-17-6-4-14-33-17/h1-2,5,7,9,11,15,17,26,28H,3-4,6,8,10,12-14,16H2,(H,27,31)/t17-,26+/m0/s1. The van der Waals surface area contributed by atoms with Gasteiger partial charge in [-0.2, -0.15) is 0 Å². The average molecular weight is 464 g/mol. The number of nitrogens with zero attached hydrogens (tertiary/aromatic N) is 1. The number of para-hydroxylation sites is 2. The number of hydrogen-bond acceptors (Lipinski definition) is 6. The summed E-state index contributed by atoms with van der Waals surface area (Å²) in [6, 6.07) is 10.4. The summed E-state index contributed by atoms with van der Waals surface area (Å²) in [5.41, 5.74) is 2.81. The minimum Gasteiger partial charge on any atom is -0.467 e. The molecule has 8 nitrogen and oxygen atoms in total. The number of ketones is 1. The van der Waals surface area contributed by atoms with Gasteiger partial charge in [-0.25, -0.2) is 0 Å². The lowest BCUT2D eigenvalue weighted by Gasteiger charge is -2.32. The van der Waals surface area contributed by atoms with Crippen molar-refractivity contribution in [3.8, 4) is 0 Å². The molecule has 1 fully saturated rings. The average Bonchev–Trinajstić information content (AvgIpc) is 3.53. The van der Waals surface area contributed by atoms with E-state index in [0.717, 1.165) is 43.7 Å². The number of allylic oxidation sites excluding steroid dienone is 1. The third kappa shape index (κ3) is 4.50. The summed E-state index contributed by atoms with van der Waals surface area (Å²) in [5.74, 6) is 0.107. The smallest absolute Gasteiger partial charge is 0.228 e. The van der Waals surface area contributed by atoms with Gasteiger partial charge < -0.3 is 19.8 Å². The molecule has 2 aliphatic heterocycles. The zero-order valence-corrected chi connectivity index (χ0v) is 19.0. The van der Waals surface area contributed by atoms with E-state index in [0.29, 0.717) is 30.0 Å². The van der Waals surface area contributed by atoms with Gasteiger partial charge in [0.25, 0.3) is 0 Å². The van der Waals surface area contributed by atoms with E-state index in [9.17, 15) is 14.4 Å². The Bertz CT molecular complexity index is 1100. The van der Waals surface area contributed by atoms with Gasteiger partial charge >= 0.3 is 0 Å². The van der Waals surface area contributed by atoms with Gasteiger partial charge in [0.1, 0.15) is 11.8 Å². The van der Waals surface area contributed by atoms with E-state index in [1.807, 2.05) is 24.3 Å². The number of benzene rings is 1. The summed E-state index contributed by atoms with van der Waals surface area (Å²) < 4.78 is 11.3. The number of carbonyl (C=O) groups excluding carboxylic acids is 3. The molecule has 0 bridgehead atoms. The molecule has 2 amide bonds. The Labute approximate surface area is 198 Å². The van der Waals surface area contributed by atoms with Crippen LogP contribution in [0.15, 0.2) is 58.3 Å². The van der Waals surface area contributed by atoms with Crippen molar-refractivity contribution in [2.45, 2.75) is 57.1 Å². The van der Waals surface area contributed by atoms with E-state index < -0.39 is 6.04 Å². The summed E-state index contributed by atoms with van der Waals surface area (Å²) >= 11 is 0. The van der Waals surface area contributed by atoms with E-state index in [-0.39, 0.29) is 36.5 Å². The second-order valence-corrected chi connectivity index (χ2v) is 8.93. The minimum atomic E-state index is -0.684. The van der Waals surface area contributed by atoms with Gasteiger partial charge in [0, 0.05) is 43.7 Å². The third-order valence-electron chi connectivity index (χ3n) is 6.64. The molecule has 0 unspecified atom stereocenters. The maximum atomic E-state index is 13.7. The molecular weight excluding hydrogens is 434 g/mol. The van der Waals surface area contributed by atoms with Crippen LogP contribution in [0.25, 0.3) is 0 Å². The Balaban J connectivity index is 1.43. The number of Topliss-reactive ketones (excluding diaryl/α,β-unsaturated/α-hetero) is 1. The fraction of sp³-hybridized carbons (Fsp3) is 0.423. The van der Waals surface area contributed by atoms with Crippen molar-refractivity contribution in [2.24, 2.45) is 0 Å². The van der Waals surface area contributed by atoms with Crippen molar-refractivity contribution in [2.75, 3.05) is 23.4 Å². The summed E-state index contributed by atoms with van der Waals surface area (Å²) in [5, 5.41) is 6.29. The molecular formula is C26H29N3O5. The number of furan rings is 1. The lowest BCUT2D eigenvalue weighted by atomic mass is 9.88. The number of amides is 2. The Morgan fingerprint density at radius 2 is 1.97 bits per heavy atom. The zero-order chi connectivity index (χ0) is 23.5. The molecule has 1 saturated heterocycles. The fourth-order valence-corrected chi connectivity index (χ4v) is 4.99. The van der Waals surface area contributed by atoms with Gasteiger partial charge in [0.05, 0.1) is 23.7 Å². The fourth-order valence-electron chi connectivity index (χ4n) is 4.99. The number of nitrogens with one attached hydrogen (secondary N) is 2. The number of hydrogen-bond donors (Lipinski definition) is 2. The maximum Gasteiger partial charge on any atom is 0.228 e. The van der Waals surface area contributed by atoms with Crippen LogP contribution in [-0.2, 0) is 19.1 Å². The summed E-state index contributed by atoms with van der Waals surface area (Å²) in [7, 11) is 0. The van der Waals surface area contributed by atoms with Crippen LogP contribution in [0, 0.1) is 0 Å². The molecule has 3 heterocycles. The monoisotopic (exact) mass is 463 g/mol. The number of anilines is 2. The van der Waals surface area contributed by atoms with Gasteiger partial charge in [-0.1, -0.05) is 12.1 Å². The first-order chi connectivity index (χ1) is 16.6. The van der Waals surface area contributed by atoms with Crippen molar-refractivity contribution >= 4 is 29.0 Å². The first-order valence-electron chi connectivity index (χ1n) is 12.0. The second kappa shape index (κ2) is 9.85. The molecule has 1 aromatic carbocycles. The van der Waals surface area contributed by atoms with Crippen LogP contribution in [-0.4, -0.2) is 36.9 Å². The van der Waals surface area contributed by atoms with Crippen LogP contribution in [0.3, 0.4) is 0 Å². The van der Waals surface area contributed by atoms with Gasteiger partial charge in [0.2, 0.25) is 11.8 Å². The molecule has 0 radical (unpaired) electrons. The molecule has 1 aromatic heterocycles. The lowest BCUT2D eigenvalue weighted by Crippen LogP contribution is -2.39. The highest BCUT2D eigenvalue weighted by atomic mass is 16.5. The van der Waals surface area contributed by atoms with E-state index in [2.05, 4.69) is 10.6 Å². The highest BCUT2D eigenvalue weighted by molar-refractivity contribution is 6.06. The van der Waals surface area contributed by atoms with Crippen molar-refractivity contribution in [1.82, 2.24) is 5.32 Å². The first-order valence-corrected chi connectivity index (χ1v) is 12.0. The number of fused-ring (bicyclic) bond motifs is 1. The van der Waals surface area contributed by atoms with Gasteiger partial charge in [0.15, 0.2) is 5.78 Å². The maximum absolute atomic E-state index is 13.7. The van der Waals surface area contributed by atoms with Crippen LogP contribution in [0.4, 0.5) is 11.4 Å². The second-order valence-electron chi connectivity index (χ2n) is 8.93. The predicted molar refractivity (Wildman–Crippen MR) is 126 cm³/mol. The molecule has 0 spiro atoms. The normalized spacial score (nSPS) is 22.0. The van der Waals surface area contributed by atoms with Gasteiger partial charge in [-0.15, -0.1) is 0 Å². The van der Waals surface area contributed by atoms with Crippen molar-refractivity contribution in [3.05, 3.63) is 59.7 Å². The molecule has 8 heteroatoms. The van der Waals surface area contributed by atoms with Gasteiger partial charge in [-0.3, -0.25) is 19.3 Å². The highest BCUT2D eigenvalue weighted by Gasteiger charge is 2.40. The summed E-state index contributed by atoms with van der Waals surface area (Å²) in [4.78, 5) is 40.9. The minimum absolute atomic E-state index is 0.00932. The van der Waals surface area contributed by atoms with Gasteiger partial charge in [-0.05, 0) is 49.9 Å². The lowest BCUT2D eigenvalue weighted by molar-refractivity contribution is -0.125. The molecule has 2 N–H and O–H groups in total. The molecule has 0 saturated carbocycles. The molecule has 5 rings (SSSR count). The molecule has 2 aromatic rings. The highest BCUT2D eigenvalue weighted by Crippen LogP contribution is 2.45. The van der Waals surface area contributed by atoms with Crippen LogP contribution in [0.1, 0.15) is 56.7 Å². The predicted octanol–water partition coefficient (Wildman–Crippen LogP) is 3.86. The Kier molecular flexibility index (Phi) is 6.49. The van der Waals surface area contributed by atoms with E-state index in [1.54, 1.807) is 23.3 Å². The van der Waals surface area contributed by atoms with Crippen molar-refractivity contribution in [3.63, 3.8) is 0 Å². The molecule has 34 heavy (non-hydrogen) atoms. The molecule has 1 aliphatic carbocycles. The SMILES string of the molecule is O=C(CCC(=O)N1c2ccccc2NC2=C(C(=O)CCC2)[C@H]1c1ccco1)NC[C@@H]1CCCO1. The summed E-state index contributed by atoms with van der Waals surface area (Å²) in [6.45, 7) is 1.19. The number of carbonyl (C=O) groups is 3. The Morgan fingerprint density at radius 1 is 1.09 bits per heavy atom. The topological polar surface area (TPSA) is 101 Å². The van der Waals surface area contributed by atoms with E-state index in [1.165, 1.54) is 0 Å². The molecule has 3 aliphatic rings. The quantitative estimate of drug-likeness (QED) is 0.675. The Morgan fingerprint density at radius 3 is 2.76 bits per heavy atom. The largest absolute Gasteiger partial charge is 0.467 e. The molecule has 2 atom stereocenters. The number of ether oxygens (including phenoxy) is 1. The van der Waals surface area contributed by atoms with E-state index >= 15 is 0 Å². The zero-order valence-electron chi connectivity index (χ0n) is 19.0. The summed E-state index contributed by atoms with van der Waals surface area (Å²) in [6.07, 6.45) is 5.53. The number of rotatable bonds is 6. The van der Waals surface area contributed by atoms with Crippen molar-refractivity contribution < 1.29 is 23.5 Å². The van der Waals surface area contributed by atoms with Crippen LogP contribution >= 0.6 is 0 Å². The first kappa shape index (κ1) is 22.4. The Hall–Kier alpha value is -3.39. The van der Waals surface area contributed by atoms with Crippen LogP contribution < -0.4 is 15.5 Å². The van der Waals surface area contributed by atoms with Crippen molar-refractivity contribution in [1.29, 1.82) is 0 Å². The van der Waals surface area contributed by atoms with Crippen LogP contribution in [0.2, 0.25) is 0 Å². The van der Waals surface area contributed by atoms with E-state index in [4.69, 9.17) is 9.15 Å².